The van der Waals surface area contributed by atoms with Crippen LogP contribution in [0.15, 0.2) is 29.1 Å². The van der Waals surface area contributed by atoms with E-state index >= 15 is 0 Å². The third kappa shape index (κ3) is 4.43. The van der Waals surface area contributed by atoms with Crippen molar-refractivity contribution in [1.82, 2.24) is 24.7 Å². The zero-order valence-corrected chi connectivity index (χ0v) is 23.5. The number of hydrogen-bond acceptors (Lipinski definition) is 9. The summed E-state index contributed by atoms with van der Waals surface area (Å²) >= 11 is 0. The van der Waals surface area contributed by atoms with Crippen LogP contribution in [0.3, 0.4) is 0 Å². The molecule has 5 heterocycles. The van der Waals surface area contributed by atoms with Crippen LogP contribution in [0.25, 0.3) is 22.3 Å². The number of aliphatic hydroxyl groups is 1. The number of aromatic nitrogens is 2. The van der Waals surface area contributed by atoms with E-state index in [2.05, 4.69) is 5.32 Å². The van der Waals surface area contributed by atoms with Gasteiger partial charge in [0, 0.05) is 54.8 Å². The van der Waals surface area contributed by atoms with Gasteiger partial charge in [-0.05, 0) is 44.8 Å². The predicted molar refractivity (Wildman–Crippen MR) is 150 cm³/mol. The van der Waals surface area contributed by atoms with Crippen LogP contribution in [0.5, 0.6) is 5.75 Å². The van der Waals surface area contributed by atoms with E-state index in [4.69, 9.17) is 14.5 Å². The summed E-state index contributed by atoms with van der Waals surface area (Å²) in [6.45, 7) is 4.96. The predicted octanol–water partition coefficient (Wildman–Crippen LogP) is 1.97. The van der Waals surface area contributed by atoms with Crippen LogP contribution in [-0.2, 0) is 34.8 Å². The van der Waals surface area contributed by atoms with Crippen molar-refractivity contribution in [2.45, 2.75) is 38.6 Å². The molecule has 11 nitrogen and oxygen atoms in total. The normalized spacial score (nSPS) is 19.5. The van der Waals surface area contributed by atoms with Gasteiger partial charge in [0.1, 0.15) is 12.4 Å². The summed E-state index contributed by atoms with van der Waals surface area (Å²) < 4.78 is 12.7. The minimum Gasteiger partial charge on any atom is -0.458 e. The number of piperazine rings is 1. The summed E-state index contributed by atoms with van der Waals surface area (Å²) in [6, 6.07) is 7.28. The van der Waals surface area contributed by atoms with Gasteiger partial charge in [0.05, 0.1) is 29.0 Å². The van der Waals surface area contributed by atoms with Crippen LogP contribution in [0.4, 0.5) is 4.79 Å². The van der Waals surface area contributed by atoms with Gasteiger partial charge in [-0.25, -0.2) is 14.6 Å². The van der Waals surface area contributed by atoms with Crippen LogP contribution in [-0.4, -0.2) is 76.8 Å². The van der Waals surface area contributed by atoms with Gasteiger partial charge in [-0.2, -0.15) is 0 Å². The van der Waals surface area contributed by atoms with Crippen molar-refractivity contribution < 1.29 is 24.2 Å². The third-order valence-electron chi connectivity index (χ3n) is 7.81. The number of amides is 1. The summed E-state index contributed by atoms with van der Waals surface area (Å²) in [4.78, 5) is 47.4. The molecule has 1 saturated heterocycles. The summed E-state index contributed by atoms with van der Waals surface area (Å²) in [5.41, 5.74) is 1.94. The summed E-state index contributed by atoms with van der Waals surface area (Å²) in [5, 5.41) is 15.2. The third-order valence-corrected chi connectivity index (χ3v) is 7.81. The van der Waals surface area contributed by atoms with Gasteiger partial charge >= 0.3 is 12.1 Å². The van der Waals surface area contributed by atoms with Gasteiger partial charge in [0.25, 0.3) is 5.56 Å². The highest BCUT2D eigenvalue weighted by Crippen LogP contribution is 2.40. The average molecular weight is 570 g/mol. The number of carbonyl (C=O) groups excluding carboxylic acids is 2. The fourth-order valence-corrected chi connectivity index (χ4v) is 5.67. The molecule has 3 aliphatic rings. The van der Waals surface area contributed by atoms with E-state index in [0.29, 0.717) is 48.8 Å². The molecule has 40 heavy (non-hydrogen) atoms. The number of ether oxygens (including phenoxy) is 2. The number of benzene rings is 1. The number of hydrogen-bond donors (Lipinski definition) is 2. The Morgan fingerprint density at radius 3 is 2.67 bits per heavy atom. The summed E-state index contributed by atoms with van der Waals surface area (Å²) in [5.74, 6) is -0.268. The van der Waals surface area contributed by atoms with E-state index in [9.17, 15) is 19.5 Å². The molecule has 1 fully saturated rings. The molecule has 0 unspecified atom stereocenters. The van der Waals surface area contributed by atoms with Crippen molar-refractivity contribution in [3.63, 3.8) is 0 Å². The number of nitrogens with one attached hydrogen (secondary N) is 1. The second kappa shape index (κ2) is 10.5. The Hall–Kier alpha value is -3.51. The van der Waals surface area contributed by atoms with Crippen LogP contribution in [0, 0.1) is 0 Å². The van der Waals surface area contributed by atoms with E-state index in [1.807, 2.05) is 31.1 Å². The number of fused-ring (bicyclic) bond motifs is 5. The van der Waals surface area contributed by atoms with Gasteiger partial charge < -0.3 is 34.3 Å². The molecule has 1 amide bonds. The van der Waals surface area contributed by atoms with Crippen molar-refractivity contribution in [2.24, 2.45) is 0 Å². The molecule has 0 radical (unpaired) electrons. The molecule has 6 rings (SSSR count). The first kappa shape index (κ1) is 28.0. The van der Waals surface area contributed by atoms with Crippen LogP contribution in [0.2, 0.25) is 0 Å². The molecule has 3 aliphatic heterocycles. The lowest BCUT2D eigenvalue weighted by Gasteiger charge is -2.31. The largest absolute Gasteiger partial charge is 0.458 e. The topological polar surface area (TPSA) is 126 Å². The van der Waals surface area contributed by atoms with E-state index in [1.165, 1.54) is 0 Å². The van der Waals surface area contributed by atoms with E-state index in [-0.39, 0.29) is 48.2 Å². The van der Waals surface area contributed by atoms with Crippen molar-refractivity contribution >= 4 is 35.4 Å². The van der Waals surface area contributed by atoms with E-state index < -0.39 is 11.6 Å². The van der Waals surface area contributed by atoms with Gasteiger partial charge in [-0.1, -0.05) is 6.92 Å². The zero-order chi connectivity index (χ0) is 27.5. The van der Waals surface area contributed by atoms with Gasteiger partial charge in [-0.15, -0.1) is 12.4 Å². The van der Waals surface area contributed by atoms with Crippen molar-refractivity contribution in [1.29, 1.82) is 0 Å². The summed E-state index contributed by atoms with van der Waals surface area (Å²) in [6.07, 6.45) is -0.294. The Kier molecular flexibility index (Phi) is 7.34. The lowest BCUT2D eigenvalue weighted by molar-refractivity contribution is -0.172. The molecule has 0 bridgehead atoms. The smallest absolute Gasteiger partial charge is 0.415 e. The highest BCUT2D eigenvalue weighted by Gasteiger charge is 2.45. The van der Waals surface area contributed by atoms with Crippen molar-refractivity contribution in [3.05, 3.63) is 56.9 Å². The maximum Gasteiger partial charge on any atom is 0.415 e. The Labute approximate surface area is 237 Å². The van der Waals surface area contributed by atoms with Crippen molar-refractivity contribution in [2.75, 3.05) is 40.3 Å². The highest BCUT2D eigenvalue weighted by molar-refractivity contribution is 5.90. The Balaban J connectivity index is 0.00000323. The minimum atomic E-state index is -1.87. The Morgan fingerprint density at radius 1 is 1.23 bits per heavy atom. The first-order valence-electron chi connectivity index (χ1n) is 13.2. The molecule has 0 aliphatic carbocycles. The lowest BCUT2D eigenvalue weighted by Crippen LogP contribution is -2.47. The van der Waals surface area contributed by atoms with Gasteiger partial charge in [0.15, 0.2) is 5.60 Å². The number of nitrogens with zero attached hydrogens (tertiary/aromatic N) is 4. The molecular formula is C28H32ClN5O6. The molecule has 212 valence electrons. The zero-order valence-electron chi connectivity index (χ0n) is 22.7. The van der Waals surface area contributed by atoms with Gasteiger partial charge in [-0.3, -0.25) is 4.79 Å². The molecule has 0 spiro atoms. The second-order valence-corrected chi connectivity index (χ2v) is 10.6. The monoisotopic (exact) mass is 569 g/mol. The number of carbonyl (C=O) groups is 2. The number of rotatable bonds is 4. The molecule has 3 aromatic rings. The van der Waals surface area contributed by atoms with Crippen molar-refractivity contribution in [3.8, 4) is 17.1 Å². The number of cyclic esters (lactones) is 1. The number of pyridine rings is 2. The molecular weight excluding hydrogens is 538 g/mol. The maximum absolute atomic E-state index is 13.5. The lowest BCUT2D eigenvalue weighted by atomic mass is 9.86. The number of esters is 1. The van der Waals surface area contributed by atoms with E-state index in [1.54, 1.807) is 28.5 Å². The van der Waals surface area contributed by atoms with Crippen LogP contribution in [0.1, 0.15) is 35.6 Å². The fourth-order valence-electron chi connectivity index (χ4n) is 5.67. The standard InChI is InChI=1S/C28H31N5O6.ClH/c1-4-28(37)20-12-22-24-16(13-33(22)25(34)19(20)15-38-26(28)35)11-17-18(14-31(2)3)23(6-5-21(17)30-24)39-27(36)32-9-7-29-8-10-32;/h5-6,11-12,29,37H,4,7-10,13-15H2,1-3H3;1H/t28-;/m0./s1. The first-order chi connectivity index (χ1) is 18.7. The Morgan fingerprint density at radius 2 is 1.98 bits per heavy atom. The molecule has 2 N–H and O–H groups in total. The van der Waals surface area contributed by atoms with Gasteiger partial charge in [0.2, 0.25) is 0 Å². The molecule has 12 heteroatoms. The number of halogens is 1. The average Bonchev–Trinajstić information content (AvgIpc) is 3.29. The molecule has 1 aromatic carbocycles. The van der Waals surface area contributed by atoms with Crippen LogP contribution >= 0.6 is 12.4 Å². The first-order valence-corrected chi connectivity index (χ1v) is 13.2. The maximum atomic E-state index is 13.5. The molecule has 1 atom stereocenters. The Bertz CT molecular complexity index is 1580. The highest BCUT2D eigenvalue weighted by atomic mass is 35.5. The fraction of sp³-hybridized carbons (Fsp3) is 0.429. The SMILES string of the molecule is CC[C@@]1(O)C(=O)OCc2c1cc1n(c2=O)Cc2cc3c(CN(C)C)c(OC(=O)N4CCNCC4)ccc3nc2-1.Cl. The minimum absolute atomic E-state index is 0. The summed E-state index contributed by atoms with van der Waals surface area (Å²) in [7, 11) is 3.89. The molecule has 0 saturated carbocycles. The second-order valence-electron chi connectivity index (χ2n) is 10.6. The quantitative estimate of drug-likeness (QED) is 0.355. The van der Waals surface area contributed by atoms with E-state index in [0.717, 1.165) is 29.6 Å². The van der Waals surface area contributed by atoms with Crippen LogP contribution < -0.4 is 15.6 Å². The molecule has 2 aromatic heterocycles.